The molecule has 0 saturated heterocycles. The SMILES string of the molecule is Cc1c(N)cccc1C=CCC=O. The molecule has 1 rings (SSSR count). The summed E-state index contributed by atoms with van der Waals surface area (Å²) in [6.07, 6.45) is 5.07. The Balaban J connectivity index is 2.88. The summed E-state index contributed by atoms with van der Waals surface area (Å²) in [4.78, 5) is 10.1. The summed E-state index contributed by atoms with van der Waals surface area (Å²) in [6.45, 7) is 1.97. The van der Waals surface area contributed by atoms with Crippen molar-refractivity contribution >= 4 is 18.0 Å². The number of carbonyl (C=O) groups excluding carboxylic acids is 1. The minimum absolute atomic E-state index is 0.453. The maximum Gasteiger partial charge on any atom is 0.123 e. The highest BCUT2D eigenvalue weighted by molar-refractivity contribution is 5.64. The third-order valence-electron chi connectivity index (χ3n) is 1.95. The summed E-state index contributed by atoms with van der Waals surface area (Å²) in [7, 11) is 0. The number of carbonyl (C=O) groups is 1. The van der Waals surface area contributed by atoms with Gasteiger partial charge in [0.2, 0.25) is 0 Å². The van der Waals surface area contributed by atoms with Gasteiger partial charge >= 0.3 is 0 Å². The van der Waals surface area contributed by atoms with Gasteiger partial charge < -0.3 is 10.5 Å². The Kier molecular flexibility index (Phi) is 3.26. The van der Waals surface area contributed by atoms with E-state index in [9.17, 15) is 4.79 Å². The standard InChI is InChI=1S/C11H13NO/c1-9-10(5-2-3-8-13)6-4-7-11(9)12/h2,4-8H,3,12H2,1H3. The second-order valence-electron chi connectivity index (χ2n) is 2.87. The van der Waals surface area contributed by atoms with Crippen LogP contribution >= 0.6 is 0 Å². The van der Waals surface area contributed by atoms with E-state index in [4.69, 9.17) is 5.73 Å². The average Bonchev–Trinajstić information content (AvgIpc) is 2.13. The van der Waals surface area contributed by atoms with E-state index in [-0.39, 0.29) is 0 Å². The lowest BCUT2D eigenvalue weighted by Crippen LogP contribution is -1.90. The number of rotatable bonds is 3. The zero-order valence-electron chi connectivity index (χ0n) is 7.66. The van der Waals surface area contributed by atoms with Crippen LogP contribution in [-0.2, 0) is 4.79 Å². The van der Waals surface area contributed by atoms with E-state index < -0.39 is 0 Å². The van der Waals surface area contributed by atoms with Crippen LogP contribution in [0.3, 0.4) is 0 Å². The number of aldehydes is 1. The highest BCUT2D eigenvalue weighted by atomic mass is 16.1. The summed E-state index contributed by atoms with van der Waals surface area (Å²) in [6, 6.07) is 5.75. The summed E-state index contributed by atoms with van der Waals surface area (Å²) >= 11 is 0. The number of nitrogens with two attached hydrogens (primary N) is 1. The largest absolute Gasteiger partial charge is 0.398 e. The van der Waals surface area contributed by atoms with Crippen molar-refractivity contribution in [1.82, 2.24) is 0 Å². The van der Waals surface area contributed by atoms with Crippen LogP contribution in [0.15, 0.2) is 24.3 Å². The molecule has 0 radical (unpaired) electrons. The molecule has 0 aliphatic carbocycles. The third-order valence-corrected chi connectivity index (χ3v) is 1.95. The molecular weight excluding hydrogens is 162 g/mol. The monoisotopic (exact) mass is 175 g/mol. The molecule has 2 nitrogen and oxygen atoms in total. The smallest absolute Gasteiger partial charge is 0.123 e. The summed E-state index contributed by atoms with van der Waals surface area (Å²) in [5.41, 5.74) is 8.64. The van der Waals surface area contributed by atoms with E-state index in [1.807, 2.05) is 37.3 Å². The first-order valence-electron chi connectivity index (χ1n) is 4.21. The Bertz CT molecular complexity index is 329. The first-order chi connectivity index (χ1) is 6.25. The van der Waals surface area contributed by atoms with Crippen molar-refractivity contribution in [2.24, 2.45) is 0 Å². The fourth-order valence-electron chi connectivity index (χ4n) is 1.10. The Hall–Kier alpha value is -1.57. The van der Waals surface area contributed by atoms with Gasteiger partial charge in [0.05, 0.1) is 0 Å². The van der Waals surface area contributed by atoms with Crippen LogP contribution in [0.5, 0.6) is 0 Å². The van der Waals surface area contributed by atoms with E-state index >= 15 is 0 Å². The summed E-state index contributed by atoms with van der Waals surface area (Å²) < 4.78 is 0. The molecule has 1 aromatic rings. The number of benzene rings is 1. The Morgan fingerprint density at radius 1 is 1.46 bits per heavy atom. The highest BCUT2D eigenvalue weighted by Gasteiger charge is 1.95. The third kappa shape index (κ3) is 2.44. The van der Waals surface area contributed by atoms with E-state index in [1.165, 1.54) is 0 Å². The summed E-state index contributed by atoms with van der Waals surface area (Å²) in [5.74, 6) is 0. The Morgan fingerprint density at radius 3 is 2.92 bits per heavy atom. The molecule has 1 aromatic carbocycles. The molecule has 0 spiro atoms. The fraction of sp³-hybridized carbons (Fsp3) is 0.182. The molecule has 0 amide bonds. The molecule has 2 heteroatoms. The molecule has 0 saturated carbocycles. The molecular formula is C11H13NO. The first kappa shape index (κ1) is 9.52. The van der Waals surface area contributed by atoms with Gasteiger partial charge in [0.1, 0.15) is 6.29 Å². The number of hydrogen-bond donors (Lipinski definition) is 1. The van der Waals surface area contributed by atoms with Crippen molar-refractivity contribution in [3.63, 3.8) is 0 Å². The Labute approximate surface area is 78.1 Å². The van der Waals surface area contributed by atoms with Gasteiger partial charge in [-0.3, -0.25) is 0 Å². The molecule has 13 heavy (non-hydrogen) atoms. The predicted octanol–water partition coefficient (Wildman–Crippen LogP) is 2.18. The second kappa shape index (κ2) is 4.45. The molecule has 0 aromatic heterocycles. The second-order valence-corrected chi connectivity index (χ2v) is 2.87. The van der Waals surface area contributed by atoms with E-state index in [0.29, 0.717) is 6.42 Å². The average molecular weight is 175 g/mol. The van der Waals surface area contributed by atoms with Crippen LogP contribution in [0.25, 0.3) is 6.08 Å². The number of nitrogen functional groups attached to an aromatic ring is 1. The molecule has 0 aliphatic rings. The van der Waals surface area contributed by atoms with Gasteiger partial charge in [0.15, 0.2) is 0 Å². The Morgan fingerprint density at radius 2 is 2.23 bits per heavy atom. The van der Waals surface area contributed by atoms with Gasteiger partial charge in [0.25, 0.3) is 0 Å². The van der Waals surface area contributed by atoms with Gasteiger partial charge in [-0.2, -0.15) is 0 Å². The maximum absolute atomic E-state index is 10.1. The minimum atomic E-state index is 0.453. The molecule has 2 N–H and O–H groups in total. The molecule has 68 valence electrons. The predicted molar refractivity (Wildman–Crippen MR) is 55.3 cm³/mol. The molecule has 0 aliphatic heterocycles. The quantitative estimate of drug-likeness (QED) is 0.565. The fourth-order valence-corrected chi connectivity index (χ4v) is 1.10. The lowest BCUT2D eigenvalue weighted by atomic mass is 10.1. The number of anilines is 1. The van der Waals surface area contributed by atoms with Gasteiger partial charge in [-0.05, 0) is 24.1 Å². The number of hydrogen-bond acceptors (Lipinski definition) is 2. The van der Waals surface area contributed by atoms with Crippen molar-refractivity contribution in [1.29, 1.82) is 0 Å². The molecule has 0 fully saturated rings. The van der Waals surface area contributed by atoms with Crippen LogP contribution < -0.4 is 5.73 Å². The normalized spacial score (nSPS) is 10.5. The maximum atomic E-state index is 10.1. The van der Waals surface area contributed by atoms with E-state index in [2.05, 4.69) is 0 Å². The molecule has 0 unspecified atom stereocenters. The zero-order chi connectivity index (χ0) is 9.68. The van der Waals surface area contributed by atoms with Crippen molar-refractivity contribution in [2.45, 2.75) is 13.3 Å². The lowest BCUT2D eigenvalue weighted by Gasteiger charge is -2.02. The van der Waals surface area contributed by atoms with Gasteiger partial charge in [-0.15, -0.1) is 0 Å². The van der Waals surface area contributed by atoms with Crippen molar-refractivity contribution in [2.75, 3.05) is 5.73 Å². The molecule has 0 bridgehead atoms. The minimum Gasteiger partial charge on any atom is -0.398 e. The zero-order valence-corrected chi connectivity index (χ0v) is 7.66. The van der Waals surface area contributed by atoms with Crippen LogP contribution in [0.2, 0.25) is 0 Å². The van der Waals surface area contributed by atoms with Gasteiger partial charge in [0, 0.05) is 12.1 Å². The highest BCUT2D eigenvalue weighted by Crippen LogP contribution is 2.16. The van der Waals surface area contributed by atoms with Crippen molar-refractivity contribution < 1.29 is 4.79 Å². The topological polar surface area (TPSA) is 43.1 Å². The van der Waals surface area contributed by atoms with Crippen molar-refractivity contribution in [3.05, 3.63) is 35.4 Å². The first-order valence-corrected chi connectivity index (χ1v) is 4.21. The van der Waals surface area contributed by atoms with E-state index in [1.54, 1.807) is 0 Å². The van der Waals surface area contributed by atoms with Crippen LogP contribution in [0.4, 0.5) is 5.69 Å². The summed E-state index contributed by atoms with van der Waals surface area (Å²) in [5, 5.41) is 0. The van der Waals surface area contributed by atoms with E-state index in [0.717, 1.165) is 23.1 Å². The molecule has 0 atom stereocenters. The van der Waals surface area contributed by atoms with Crippen LogP contribution in [0, 0.1) is 6.92 Å². The molecule has 0 heterocycles. The van der Waals surface area contributed by atoms with Crippen LogP contribution in [0.1, 0.15) is 17.5 Å². The van der Waals surface area contributed by atoms with Gasteiger partial charge in [-0.1, -0.05) is 24.3 Å². The van der Waals surface area contributed by atoms with Crippen molar-refractivity contribution in [3.8, 4) is 0 Å². The lowest BCUT2D eigenvalue weighted by molar-refractivity contribution is -0.107. The van der Waals surface area contributed by atoms with Crippen LogP contribution in [-0.4, -0.2) is 6.29 Å². The van der Waals surface area contributed by atoms with Gasteiger partial charge in [-0.25, -0.2) is 0 Å². The number of allylic oxidation sites excluding steroid dienone is 1.